The van der Waals surface area contributed by atoms with Gasteiger partial charge in [0.1, 0.15) is 0 Å². The zero-order chi connectivity index (χ0) is 44.7. The van der Waals surface area contributed by atoms with Crippen LogP contribution in [0.4, 0.5) is 22.7 Å². The summed E-state index contributed by atoms with van der Waals surface area (Å²) in [5.74, 6) is 0. The van der Waals surface area contributed by atoms with Crippen LogP contribution in [0.3, 0.4) is 0 Å². The minimum absolute atomic E-state index is 0.144. The summed E-state index contributed by atoms with van der Waals surface area (Å²) in [6.07, 6.45) is 8.49. The maximum absolute atomic E-state index is 4.42. The third kappa shape index (κ3) is 6.73. The van der Waals surface area contributed by atoms with Gasteiger partial charge in [-0.15, -0.1) is 0 Å². The quantitative estimate of drug-likeness (QED) is 0.120. The summed E-state index contributed by atoms with van der Waals surface area (Å²) in [5, 5.41) is 0. The van der Waals surface area contributed by atoms with Crippen molar-refractivity contribution >= 4 is 22.7 Å². The number of rotatable bonds is 11. The Labute approximate surface area is 389 Å². The fourth-order valence-corrected chi connectivity index (χ4v) is 10.7. The molecule has 9 aromatic rings. The van der Waals surface area contributed by atoms with Crippen molar-refractivity contribution in [1.29, 1.82) is 0 Å². The van der Waals surface area contributed by atoms with Crippen LogP contribution in [0.5, 0.6) is 0 Å². The minimum Gasteiger partial charge on any atom is -0.317 e. The van der Waals surface area contributed by atoms with E-state index in [-0.39, 0.29) is 5.41 Å². The van der Waals surface area contributed by atoms with Crippen molar-refractivity contribution in [2.24, 2.45) is 0 Å². The van der Waals surface area contributed by atoms with Gasteiger partial charge in [-0.25, -0.2) is 0 Å². The Balaban J connectivity index is 1.03. The van der Waals surface area contributed by atoms with Crippen LogP contribution >= 0.6 is 0 Å². The molecule has 2 nitrogen and oxygen atoms in total. The molecule has 0 atom stereocenters. The van der Waals surface area contributed by atoms with Gasteiger partial charge in [0.25, 0.3) is 0 Å². The highest BCUT2D eigenvalue weighted by Crippen LogP contribution is 2.56. The summed E-state index contributed by atoms with van der Waals surface area (Å²) >= 11 is 0. The Morgan fingerprint density at radius 3 is 1.56 bits per heavy atom. The number of anilines is 4. The Bertz CT molecular complexity index is 3240. The van der Waals surface area contributed by atoms with E-state index in [1.165, 1.54) is 66.8 Å². The van der Waals surface area contributed by atoms with Gasteiger partial charge in [-0.2, -0.15) is 0 Å². The van der Waals surface area contributed by atoms with Crippen LogP contribution in [0.2, 0.25) is 0 Å². The van der Waals surface area contributed by atoms with Crippen molar-refractivity contribution < 1.29 is 0 Å². The molecule has 2 aliphatic rings. The summed E-state index contributed by atoms with van der Waals surface area (Å²) in [4.78, 5) is 4.62. The Morgan fingerprint density at radius 1 is 0.409 bits per heavy atom. The van der Waals surface area contributed by atoms with Gasteiger partial charge in [0.05, 0.1) is 5.41 Å². The zero-order valence-electron chi connectivity index (χ0n) is 37.4. The molecule has 0 amide bonds. The van der Waals surface area contributed by atoms with Gasteiger partial charge in [-0.05, 0) is 134 Å². The molecule has 2 aliphatic carbocycles. The summed E-state index contributed by atoms with van der Waals surface area (Å²) in [6, 6.07) is 83.8. The van der Waals surface area contributed by atoms with E-state index in [0.717, 1.165) is 28.4 Å². The normalized spacial score (nSPS) is 13.9. The lowest BCUT2D eigenvalue weighted by Crippen LogP contribution is -2.28. The monoisotopic (exact) mass is 846 g/mol. The molecule has 2 heteroatoms. The van der Waals surface area contributed by atoms with Gasteiger partial charge < -0.3 is 9.80 Å². The van der Waals surface area contributed by atoms with E-state index in [9.17, 15) is 0 Å². The standard InChI is InChI=1S/C64H50N2/c1-4-50(66(52-39-37-47(38-40-52)46-22-8-5-9-23-46)54-41-42-58-55-31-14-17-34-59(55)63(2,3)62(58)45-54)30-21-43-65(51-27-12-7-13-28-51)53-29-20-26-49(44-53)64(48-24-10-6-11-25-48)60-35-18-15-32-56(60)57-33-16-19-36-61(57)64/h4-45H,1H2,2-3H3/b43-21-,50-30+. The fourth-order valence-electron chi connectivity index (χ4n) is 10.7. The van der Waals surface area contributed by atoms with Crippen molar-refractivity contribution in [2.75, 3.05) is 9.80 Å². The fraction of sp³-hybridized carbons (Fsp3) is 0.0625. The Morgan fingerprint density at radius 2 is 0.909 bits per heavy atom. The van der Waals surface area contributed by atoms with E-state index < -0.39 is 5.41 Å². The first kappa shape index (κ1) is 40.6. The van der Waals surface area contributed by atoms with Gasteiger partial charge in [-0.1, -0.05) is 202 Å². The van der Waals surface area contributed by atoms with Gasteiger partial charge in [-0.3, -0.25) is 0 Å². The van der Waals surface area contributed by atoms with Crippen LogP contribution in [0.1, 0.15) is 47.2 Å². The maximum atomic E-state index is 4.42. The van der Waals surface area contributed by atoms with Crippen LogP contribution in [0.25, 0.3) is 33.4 Å². The number of fused-ring (bicyclic) bond motifs is 6. The second-order valence-electron chi connectivity index (χ2n) is 17.7. The molecule has 0 saturated heterocycles. The van der Waals surface area contributed by atoms with Crippen molar-refractivity contribution in [3.63, 3.8) is 0 Å². The molecule has 0 aromatic heterocycles. The van der Waals surface area contributed by atoms with E-state index in [1.54, 1.807) is 0 Å². The van der Waals surface area contributed by atoms with Gasteiger partial charge in [0.2, 0.25) is 0 Å². The minimum atomic E-state index is -0.505. The number of allylic oxidation sites excluding steroid dienone is 3. The van der Waals surface area contributed by atoms with E-state index in [1.807, 2.05) is 6.08 Å². The van der Waals surface area contributed by atoms with Crippen molar-refractivity contribution in [1.82, 2.24) is 0 Å². The van der Waals surface area contributed by atoms with E-state index in [2.05, 4.69) is 279 Å². The first-order valence-corrected chi connectivity index (χ1v) is 22.9. The molecule has 0 spiro atoms. The molecule has 0 aliphatic heterocycles. The lowest BCUT2D eigenvalue weighted by Gasteiger charge is -2.34. The number of hydrogen-bond acceptors (Lipinski definition) is 2. The van der Waals surface area contributed by atoms with Gasteiger partial charge >= 0.3 is 0 Å². The Kier molecular flexibility index (Phi) is 10.3. The van der Waals surface area contributed by atoms with E-state index in [4.69, 9.17) is 0 Å². The second-order valence-corrected chi connectivity index (χ2v) is 17.7. The molecule has 11 rings (SSSR count). The van der Waals surface area contributed by atoms with Crippen molar-refractivity contribution in [2.45, 2.75) is 24.7 Å². The third-order valence-electron chi connectivity index (χ3n) is 13.8. The Hall–Kier alpha value is -8.20. The first-order chi connectivity index (χ1) is 32.5. The molecule has 66 heavy (non-hydrogen) atoms. The number of para-hydroxylation sites is 1. The average Bonchev–Trinajstić information content (AvgIpc) is 3.81. The lowest BCUT2D eigenvalue weighted by molar-refractivity contribution is 0.660. The maximum Gasteiger partial charge on any atom is 0.0714 e. The SMILES string of the molecule is C=C/C(=C\C=C/N(c1ccccc1)c1cccc(C2(c3ccccc3)c3ccccc3-c3ccccc32)c1)N(c1ccc(-c2ccccc2)cc1)c1ccc2c(c1)C(C)(C)c1ccccc1-2. The molecule has 0 bridgehead atoms. The molecular formula is C64H50N2. The van der Waals surface area contributed by atoms with Gasteiger partial charge in [0.15, 0.2) is 0 Å². The van der Waals surface area contributed by atoms with E-state index >= 15 is 0 Å². The summed E-state index contributed by atoms with van der Waals surface area (Å²) in [6.45, 7) is 9.10. The summed E-state index contributed by atoms with van der Waals surface area (Å²) in [5.41, 5.74) is 19.8. The number of hydrogen-bond donors (Lipinski definition) is 0. The smallest absolute Gasteiger partial charge is 0.0714 e. The topological polar surface area (TPSA) is 6.48 Å². The molecule has 0 N–H and O–H groups in total. The van der Waals surface area contributed by atoms with Crippen molar-refractivity contribution in [3.8, 4) is 33.4 Å². The highest BCUT2D eigenvalue weighted by atomic mass is 15.1. The van der Waals surface area contributed by atoms with E-state index in [0.29, 0.717) is 0 Å². The molecule has 0 unspecified atom stereocenters. The van der Waals surface area contributed by atoms with Crippen LogP contribution in [-0.4, -0.2) is 0 Å². The molecule has 0 saturated carbocycles. The molecular weight excluding hydrogens is 797 g/mol. The largest absolute Gasteiger partial charge is 0.317 e. The first-order valence-electron chi connectivity index (χ1n) is 22.9. The van der Waals surface area contributed by atoms with Crippen LogP contribution in [0.15, 0.2) is 267 Å². The summed E-state index contributed by atoms with van der Waals surface area (Å²) in [7, 11) is 0. The highest BCUT2D eigenvalue weighted by molar-refractivity contribution is 5.87. The third-order valence-corrected chi connectivity index (χ3v) is 13.8. The molecule has 0 radical (unpaired) electrons. The van der Waals surface area contributed by atoms with Crippen LogP contribution in [0, 0.1) is 0 Å². The molecule has 0 heterocycles. The van der Waals surface area contributed by atoms with Gasteiger partial charge in [0, 0.05) is 40.1 Å². The van der Waals surface area contributed by atoms with Crippen molar-refractivity contribution in [3.05, 3.63) is 301 Å². The summed E-state index contributed by atoms with van der Waals surface area (Å²) < 4.78 is 0. The number of nitrogens with zero attached hydrogens (tertiary/aromatic N) is 2. The number of benzene rings is 9. The predicted molar refractivity (Wildman–Crippen MR) is 278 cm³/mol. The highest BCUT2D eigenvalue weighted by Gasteiger charge is 2.46. The average molecular weight is 847 g/mol. The van der Waals surface area contributed by atoms with Crippen LogP contribution in [-0.2, 0) is 10.8 Å². The lowest BCUT2D eigenvalue weighted by atomic mass is 9.67. The molecule has 9 aromatic carbocycles. The molecule has 316 valence electrons. The van der Waals surface area contributed by atoms with Crippen LogP contribution < -0.4 is 9.80 Å². The predicted octanol–water partition coefficient (Wildman–Crippen LogP) is 16.6. The molecule has 0 fully saturated rings. The zero-order valence-corrected chi connectivity index (χ0v) is 37.4. The second kappa shape index (κ2) is 16.7.